The van der Waals surface area contributed by atoms with E-state index in [0.717, 1.165) is 47.2 Å². The summed E-state index contributed by atoms with van der Waals surface area (Å²) >= 11 is 0. The Bertz CT molecular complexity index is 1750. The fraction of sp³-hybridized carbons (Fsp3) is 0.286. The lowest BCUT2D eigenvalue weighted by Crippen LogP contribution is -2.31. The SMILES string of the molecule is CCOC(=O)C1CCc2c(ccc3c4c(c(C)cc23)C=CCC4)C1c1ccc(C(=O)O)c2c1C1=CC=CCC1=N2. The van der Waals surface area contributed by atoms with Crippen LogP contribution in [0.5, 0.6) is 0 Å². The molecule has 1 N–H and O–H groups in total. The number of carboxylic acid groups (broad SMARTS) is 1. The second kappa shape index (κ2) is 9.44. The molecular weight excluding hydrogens is 498 g/mol. The molecule has 0 aromatic heterocycles. The molecule has 0 fully saturated rings. The van der Waals surface area contributed by atoms with Crippen LogP contribution in [-0.2, 0) is 22.4 Å². The first kappa shape index (κ1) is 24.8. The average Bonchev–Trinajstić information content (AvgIpc) is 3.36. The molecular formula is C35H31NO4. The lowest BCUT2D eigenvalue weighted by Gasteiger charge is -2.35. The van der Waals surface area contributed by atoms with E-state index in [1.807, 2.05) is 31.2 Å². The first-order valence-electron chi connectivity index (χ1n) is 14.2. The molecule has 0 bridgehead atoms. The molecule has 0 saturated heterocycles. The summed E-state index contributed by atoms with van der Waals surface area (Å²) < 4.78 is 5.62. The van der Waals surface area contributed by atoms with Crippen molar-refractivity contribution in [3.8, 4) is 0 Å². The molecule has 1 aliphatic heterocycles. The first-order chi connectivity index (χ1) is 19.5. The fourth-order valence-electron chi connectivity index (χ4n) is 7.31. The van der Waals surface area contributed by atoms with Gasteiger partial charge in [0.05, 0.1) is 29.5 Å². The van der Waals surface area contributed by atoms with Crippen LogP contribution in [0.1, 0.15) is 81.4 Å². The van der Waals surface area contributed by atoms with Gasteiger partial charge in [0.25, 0.3) is 0 Å². The number of carbonyl (C=O) groups is 2. The number of aryl methyl sites for hydroxylation is 3. The average molecular weight is 530 g/mol. The molecule has 5 heteroatoms. The number of allylic oxidation sites excluding steroid dienone is 5. The van der Waals surface area contributed by atoms with Crippen molar-refractivity contribution in [1.29, 1.82) is 0 Å². The number of hydrogen-bond acceptors (Lipinski definition) is 4. The van der Waals surface area contributed by atoms with Gasteiger partial charge in [0.1, 0.15) is 0 Å². The molecule has 0 amide bonds. The van der Waals surface area contributed by atoms with Gasteiger partial charge in [0.2, 0.25) is 0 Å². The van der Waals surface area contributed by atoms with Gasteiger partial charge >= 0.3 is 11.9 Å². The Kier molecular flexibility index (Phi) is 5.85. The molecule has 5 nitrogen and oxygen atoms in total. The minimum absolute atomic E-state index is 0.194. The summed E-state index contributed by atoms with van der Waals surface area (Å²) in [4.78, 5) is 30.5. The number of aliphatic imine (C=N–C) groups is 1. The van der Waals surface area contributed by atoms with E-state index < -0.39 is 5.97 Å². The van der Waals surface area contributed by atoms with Crippen molar-refractivity contribution in [1.82, 2.24) is 0 Å². The fourth-order valence-corrected chi connectivity index (χ4v) is 7.31. The summed E-state index contributed by atoms with van der Waals surface area (Å²) in [5.74, 6) is -1.82. The third-order valence-corrected chi connectivity index (χ3v) is 9.02. The molecule has 1 heterocycles. The molecule has 4 aliphatic rings. The predicted molar refractivity (Wildman–Crippen MR) is 159 cm³/mol. The number of rotatable bonds is 4. The lowest BCUT2D eigenvalue weighted by atomic mass is 9.68. The van der Waals surface area contributed by atoms with Gasteiger partial charge in [-0.1, -0.05) is 54.6 Å². The summed E-state index contributed by atoms with van der Waals surface area (Å²) in [7, 11) is 0. The highest BCUT2D eigenvalue weighted by Crippen LogP contribution is 2.51. The van der Waals surface area contributed by atoms with E-state index in [-0.39, 0.29) is 23.4 Å². The maximum Gasteiger partial charge on any atom is 0.337 e. The number of hydrogen-bond donors (Lipinski definition) is 1. The third kappa shape index (κ3) is 3.64. The summed E-state index contributed by atoms with van der Waals surface area (Å²) in [5, 5.41) is 12.6. The molecule has 3 aromatic rings. The topological polar surface area (TPSA) is 76.0 Å². The highest BCUT2D eigenvalue weighted by molar-refractivity contribution is 6.31. The van der Waals surface area contributed by atoms with Crippen LogP contribution >= 0.6 is 0 Å². The molecule has 2 atom stereocenters. The van der Waals surface area contributed by atoms with Gasteiger partial charge in [-0.05, 0) is 89.8 Å². The number of carbonyl (C=O) groups excluding carboxylic acids is 1. The Balaban J connectivity index is 1.49. The van der Waals surface area contributed by atoms with E-state index in [0.29, 0.717) is 25.1 Å². The summed E-state index contributed by atoms with van der Waals surface area (Å²) in [6.07, 6.45) is 14.8. The van der Waals surface area contributed by atoms with E-state index in [1.165, 1.54) is 33.0 Å². The molecule has 40 heavy (non-hydrogen) atoms. The molecule has 200 valence electrons. The Morgan fingerprint density at radius 2 is 1.90 bits per heavy atom. The number of fused-ring (bicyclic) bond motifs is 8. The highest BCUT2D eigenvalue weighted by atomic mass is 16.5. The maximum atomic E-state index is 13.5. The van der Waals surface area contributed by atoms with E-state index in [2.05, 4.69) is 37.3 Å². The first-order valence-corrected chi connectivity index (χ1v) is 14.2. The Hall–Kier alpha value is -4.25. The Labute approximate surface area is 233 Å². The Morgan fingerprint density at radius 1 is 1.05 bits per heavy atom. The second-order valence-corrected chi connectivity index (χ2v) is 11.1. The van der Waals surface area contributed by atoms with Gasteiger partial charge in [-0.3, -0.25) is 9.79 Å². The zero-order chi connectivity index (χ0) is 27.5. The van der Waals surface area contributed by atoms with Crippen molar-refractivity contribution in [3.05, 3.63) is 99.1 Å². The van der Waals surface area contributed by atoms with E-state index in [9.17, 15) is 14.7 Å². The molecule has 3 aliphatic carbocycles. The normalized spacial score (nSPS) is 20.2. The number of ether oxygens (including phenoxy) is 1. The van der Waals surface area contributed by atoms with Crippen molar-refractivity contribution < 1.29 is 19.4 Å². The van der Waals surface area contributed by atoms with Crippen LogP contribution < -0.4 is 0 Å². The maximum absolute atomic E-state index is 13.5. The number of aromatic carboxylic acids is 1. The van der Waals surface area contributed by atoms with Gasteiger partial charge < -0.3 is 9.84 Å². The van der Waals surface area contributed by atoms with Crippen LogP contribution in [0.15, 0.2) is 59.6 Å². The number of nitrogens with zero attached hydrogens (tertiary/aromatic N) is 1. The summed E-state index contributed by atoms with van der Waals surface area (Å²) in [6.45, 7) is 4.36. The van der Waals surface area contributed by atoms with Crippen molar-refractivity contribution in [2.45, 2.75) is 51.9 Å². The van der Waals surface area contributed by atoms with E-state index in [4.69, 9.17) is 9.73 Å². The molecule has 0 saturated carbocycles. The molecule has 2 unspecified atom stereocenters. The number of esters is 1. The quantitative estimate of drug-likeness (QED) is 0.355. The van der Waals surface area contributed by atoms with E-state index >= 15 is 0 Å². The largest absolute Gasteiger partial charge is 0.478 e. The standard InChI is InChI=1S/C35H31NO4/c1-3-40-35(39)27-16-13-23-24(14-12-22-21-9-5-4-8-20(21)19(2)18-29(22)23)31(27)26-15-17-28(34(37)38)33-32(26)25-10-6-7-11-30(25)36-33/h4,6-8,10,12,14-15,17-18,27,31H,3,5,9,11,13,16H2,1-2H3,(H,37,38). The van der Waals surface area contributed by atoms with Crippen LogP contribution in [0.4, 0.5) is 5.69 Å². The minimum atomic E-state index is -0.995. The van der Waals surface area contributed by atoms with Gasteiger partial charge in [0.15, 0.2) is 0 Å². The van der Waals surface area contributed by atoms with Crippen LogP contribution in [0, 0.1) is 12.8 Å². The summed E-state index contributed by atoms with van der Waals surface area (Å²) in [6, 6.07) is 10.3. The lowest BCUT2D eigenvalue weighted by molar-refractivity contribution is -0.149. The zero-order valence-corrected chi connectivity index (χ0v) is 22.8. The van der Waals surface area contributed by atoms with Crippen LogP contribution in [0.25, 0.3) is 22.4 Å². The van der Waals surface area contributed by atoms with Gasteiger partial charge in [-0.2, -0.15) is 0 Å². The van der Waals surface area contributed by atoms with Crippen molar-refractivity contribution in [2.75, 3.05) is 6.61 Å². The smallest absolute Gasteiger partial charge is 0.337 e. The van der Waals surface area contributed by atoms with E-state index in [1.54, 1.807) is 6.07 Å². The van der Waals surface area contributed by atoms with Gasteiger partial charge in [0, 0.05) is 23.5 Å². The molecule has 7 rings (SSSR count). The summed E-state index contributed by atoms with van der Waals surface area (Å²) in [5.41, 5.74) is 10.8. The van der Waals surface area contributed by atoms with Crippen LogP contribution in [-0.4, -0.2) is 29.4 Å². The zero-order valence-electron chi connectivity index (χ0n) is 22.8. The molecule has 3 aromatic carbocycles. The number of carboxylic acids is 1. The van der Waals surface area contributed by atoms with Crippen LogP contribution in [0.2, 0.25) is 0 Å². The van der Waals surface area contributed by atoms with Gasteiger partial charge in [-0.15, -0.1) is 0 Å². The minimum Gasteiger partial charge on any atom is -0.478 e. The van der Waals surface area contributed by atoms with Crippen molar-refractivity contribution in [2.24, 2.45) is 10.9 Å². The van der Waals surface area contributed by atoms with Crippen molar-refractivity contribution >= 4 is 45.8 Å². The second-order valence-electron chi connectivity index (χ2n) is 11.1. The predicted octanol–water partition coefficient (Wildman–Crippen LogP) is 7.49. The Morgan fingerprint density at radius 3 is 2.73 bits per heavy atom. The molecule has 0 radical (unpaired) electrons. The highest BCUT2D eigenvalue weighted by Gasteiger charge is 2.41. The third-order valence-electron chi connectivity index (χ3n) is 9.02. The van der Waals surface area contributed by atoms with Crippen molar-refractivity contribution in [3.63, 3.8) is 0 Å². The van der Waals surface area contributed by atoms with Gasteiger partial charge in [-0.25, -0.2) is 4.79 Å². The van der Waals surface area contributed by atoms with Crippen LogP contribution in [0.3, 0.4) is 0 Å². The monoisotopic (exact) mass is 529 g/mol. The number of benzene rings is 3. The molecule has 0 spiro atoms.